The molecule has 3 saturated carbocycles. The average molecular weight is 362 g/mol. The van der Waals surface area contributed by atoms with Gasteiger partial charge in [-0.05, 0) is 84.3 Å². The number of ketones is 1. The molecule has 0 aromatic heterocycles. The van der Waals surface area contributed by atoms with E-state index < -0.39 is 5.41 Å². The van der Waals surface area contributed by atoms with Crippen LogP contribution in [0.1, 0.15) is 58.8 Å². The van der Waals surface area contributed by atoms with Gasteiger partial charge in [-0.15, -0.1) is 6.58 Å². The predicted octanol–water partition coefficient (Wildman–Crippen LogP) is 5.94. The molecule has 0 heterocycles. The highest BCUT2D eigenvalue weighted by Gasteiger charge is 2.67. The van der Waals surface area contributed by atoms with Gasteiger partial charge in [0.2, 0.25) is 0 Å². The molecule has 0 spiro atoms. The van der Waals surface area contributed by atoms with Crippen LogP contribution in [0.5, 0.6) is 0 Å². The van der Waals surface area contributed by atoms with Crippen LogP contribution in [0.2, 0.25) is 0 Å². The van der Waals surface area contributed by atoms with Crippen molar-refractivity contribution < 1.29 is 4.79 Å². The van der Waals surface area contributed by atoms with Crippen molar-refractivity contribution >= 4 is 5.78 Å². The first-order valence-electron chi connectivity index (χ1n) is 10.4. The molecular weight excluding hydrogens is 330 g/mol. The molecule has 0 saturated heterocycles. The highest BCUT2D eigenvalue weighted by atomic mass is 16.1. The summed E-state index contributed by atoms with van der Waals surface area (Å²) in [6.07, 6.45) is 10.4. The third-order valence-corrected chi connectivity index (χ3v) is 9.03. The number of hydrogen-bond acceptors (Lipinski definition) is 2. The molecule has 4 aliphatic carbocycles. The third-order valence-electron chi connectivity index (χ3n) is 9.03. The second-order valence-electron chi connectivity index (χ2n) is 9.81. The molecule has 27 heavy (non-hydrogen) atoms. The van der Waals surface area contributed by atoms with E-state index in [1.54, 1.807) is 0 Å². The largest absolute Gasteiger partial charge is 0.295 e. The molecule has 0 aliphatic heterocycles. The minimum Gasteiger partial charge on any atom is -0.295 e. The maximum absolute atomic E-state index is 12.0. The zero-order valence-electron chi connectivity index (χ0n) is 16.8. The molecule has 4 aliphatic rings. The molecule has 4 rings (SSSR count). The summed E-state index contributed by atoms with van der Waals surface area (Å²) in [6, 6.07) is 2.68. The summed E-state index contributed by atoms with van der Waals surface area (Å²) < 4.78 is 0. The molecule has 2 heteroatoms. The normalized spacial score (nSPS) is 46.0. The van der Waals surface area contributed by atoms with E-state index in [1.807, 2.05) is 12.2 Å². The zero-order valence-corrected chi connectivity index (χ0v) is 16.8. The molecule has 0 bridgehead atoms. The maximum atomic E-state index is 12.0. The van der Waals surface area contributed by atoms with Crippen LogP contribution in [0.15, 0.2) is 48.6 Å². The molecule has 0 amide bonds. The lowest BCUT2D eigenvalue weighted by molar-refractivity contribution is -0.117. The lowest BCUT2D eigenvalue weighted by Crippen LogP contribution is -2.52. The number of hydrogen-bond donors (Lipinski definition) is 0. The van der Waals surface area contributed by atoms with Crippen LogP contribution in [0.4, 0.5) is 0 Å². The van der Waals surface area contributed by atoms with Gasteiger partial charge in [0.05, 0.1) is 11.5 Å². The van der Waals surface area contributed by atoms with Crippen molar-refractivity contribution in [3.05, 3.63) is 48.6 Å². The van der Waals surface area contributed by atoms with Gasteiger partial charge in [-0.3, -0.25) is 4.79 Å². The summed E-state index contributed by atoms with van der Waals surface area (Å²) in [4.78, 5) is 12.0. The van der Waals surface area contributed by atoms with Gasteiger partial charge in [-0.1, -0.05) is 38.7 Å². The highest BCUT2D eigenvalue weighted by molar-refractivity contribution is 5.91. The summed E-state index contributed by atoms with van der Waals surface area (Å²) in [5, 5.41) is 10.3. The molecule has 0 radical (unpaired) electrons. The van der Waals surface area contributed by atoms with Crippen molar-refractivity contribution in [1.82, 2.24) is 0 Å². The van der Waals surface area contributed by atoms with Crippen LogP contribution >= 0.6 is 0 Å². The average Bonchev–Trinajstić information content (AvgIpc) is 2.81. The Morgan fingerprint density at radius 1 is 1.26 bits per heavy atom. The first kappa shape index (κ1) is 18.5. The lowest BCUT2D eigenvalue weighted by Gasteiger charge is -2.58. The first-order chi connectivity index (χ1) is 12.7. The molecule has 6 atom stereocenters. The molecular formula is C25H31NO. The Morgan fingerprint density at radius 2 is 2.00 bits per heavy atom. The van der Waals surface area contributed by atoms with Crippen molar-refractivity contribution in [1.29, 1.82) is 5.26 Å². The van der Waals surface area contributed by atoms with Crippen LogP contribution in [0.25, 0.3) is 0 Å². The van der Waals surface area contributed by atoms with Gasteiger partial charge < -0.3 is 0 Å². The second kappa shape index (κ2) is 5.81. The first-order valence-corrected chi connectivity index (χ1v) is 10.4. The topological polar surface area (TPSA) is 40.9 Å². The maximum Gasteiger partial charge on any atom is 0.155 e. The van der Waals surface area contributed by atoms with Gasteiger partial charge in [0.25, 0.3) is 0 Å². The van der Waals surface area contributed by atoms with Crippen molar-refractivity contribution in [3.63, 3.8) is 0 Å². The Kier molecular flexibility index (Phi) is 3.97. The molecule has 0 aromatic rings. The fraction of sp³-hybridized carbons (Fsp3) is 0.600. The van der Waals surface area contributed by atoms with E-state index in [1.165, 1.54) is 5.57 Å². The van der Waals surface area contributed by atoms with E-state index in [0.717, 1.165) is 43.3 Å². The Labute approximate surface area is 163 Å². The Morgan fingerprint density at radius 3 is 2.67 bits per heavy atom. The van der Waals surface area contributed by atoms with Gasteiger partial charge in [0.1, 0.15) is 0 Å². The number of carbonyl (C=O) groups is 1. The van der Waals surface area contributed by atoms with E-state index in [2.05, 4.69) is 39.7 Å². The molecule has 0 aromatic carbocycles. The van der Waals surface area contributed by atoms with Crippen LogP contribution in [-0.2, 0) is 4.79 Å². The highest BCUT2D eigenvalue weighted by Crippen LogP contribution is 2.72. The molecule has 1 unspecified atom stereocenters. The fourth-order valence-corrected chi connectivity index (χ4v) is 7.51. The van der Waals surface area contributed by atoms with Crippen molar-refractivity contribution in [2.24, 2.45) is 34.0 Å². The summed E-state index contributed by atoms with van der Waals surface area (Å²) >= 11 is 0. The van der Waals surface area contributed by atoms with Gasteiger partial charge in [-0.25, -0.2) is 0 Å². The zero-order chi connectivity index (χ0) is 19.6. The minimum atomic E-state index is -0.568. The number of rotatable bonds is 2. The molecule has 3 fully saturated rings. The standard InChI is InChI=1S/C25H31NO/c1-6-11-25(15-26)17(3)16(2)22-20-8-7-18-14-19(27)9-12-23(18,4)21(20)10-13-24(22,25)5/h6,14,20-22H,1-3,7-13H2,4-5H3/t20-,21-,22+,23+,24+,25?/m1/s1. The predicted molar refractivity (Wildman–Crippen MR) is 109 cm³/mol. The Balaban J connectivity index is 1.79. The summed E-state index contributed by atoms with van der Waals surface area (Å²) in [5.41, 5.74) is 2.88. The van der Waals surface area contributed by atoms with Crippen molar-refractivity contribution in [2.45, 2.75) is 58.8 Å². The van der Waals surface area contributed by atoms with Crippen LogP contribution in [0, 0.1) is 45.3 Å². The smallest absolute Gasteiger partial charge is 0.155 e. The van der Waals surface area contributed by atoms with Crippen molar-refractivity contribution in [3.8, 4) is 6.07 Å². The third kappa shape index (κ3) is 2.09. The van der Waals surface area contributed by atoms with Gasteiger partial charge in [0, 0.05) is 6.42 Å². The van der Waals surface area contributed by atoms with E-state index in [9.17, 15) is 10.1 Å². The number of nitriles is 1. The van der Waals surface area contributed by atoms with Crippen LogP contribution < -0.4 is 0 Å². The summed E-state index contributed by atoms with van der Waals surface area (Å²) in [6.45, 7) is 17.5. The molecule has 2 nitrogen and oxygen atoms in total. The monoisotopic (exact) mass is 361 g/mol. The number of allylic oxidation sites excluding steroid dienone is 4. The van der Waals surface area contributed by atoms with Crippen molar-refractivity contribution in [2.75, 3.05) is 0 Å². The molecule has 142 valence electrons. The Hall–Kier alpha value is -1.88. The quantitative estimate of drug-likeness (QED) is 0.571. The Bertz CT molecular complexity index is 826. The summed E-state index contributed by atoms with van der Waals surface area (Å²) in [7, 11) is 0. The minimum absolute atomic E-state index is 0.118. The lowest BCUT2D eigenvalue weighted by atomic mass is 9.45. The van der Waals surface area contributed by atoms with Crippen LogP contribution in [0.3, 0.4) is 0 Å². The van der Waals surface area contributed by atoms with Gasteiger partial charge in [-0.2, -0.15) is 5.26 Å². The number of fused-ring (bicyclic) bond motifs is 5. The molecule has 0 N–H and O–H groups in total. The SMILES string of the molecule is C=CCC1(C#N)C(=C)C(=C)[C@H]2[C@@H]3CCC4=CC(=O)CC[C@]4(C)[C@@H]3CC[C@@]21C. The van der Waals surface area contributed by atoms with E-state index in [4.69, 9.17) is 0 Å². The van der Waals surface area contributed by atoms with E-state index in [0.29, 0.717) is 36.4 Å². The number of nitrogens with zero attached hydrogens (tertiary/aromatic N) is 1. The number of carbonyl (C=O) groups excluding carboxylic acids is 1. The van der Waals surface area contributed by atoms with E-state index >= 15 is 0 Å². The van der Waals surface area contributed by atoms with Gasteiger partial charge in [0.15, 0.2) is 5.78 Å². The van der Waals surface area contributed by atoms with E-state index in [-0.39, 0.29) is 10.8 Å². The van der Waals surface area contributed by atoms with Crippen LogP contribution in [-0.4, -0.2) is 5.78 Å². The van der Waals surface area contributed by atoms with Gasteiger partial charge >= 0.3 is 0 Å². The fourth-order valence-electron chi connectivity index (χ4n) is 7.51. The summed E-state index contributed by atoms with van der Waals surface area (Å²) in [5.74, 6) is 1.73. The second-order valence-corrected chi connectivity index (χ2v) is 9.81.